The molecule has 3 heterocycles. The van der Waals surface area contributed by atoms with E-state index in [-0.39, 0.29) is 36.9 Å². The SMILES string of the molecule is CC(=O)N1CCC2CCC(C)N2C(=O)C(NC(=O)OC(C)(C)C)C1.NC=O.c1ccc2c(c1)CCCO2. The minimum Gasteiger partial charge on any atom is -0.493 e. The van der Waals surface area contributed by atoms with E-state index < -0.39 is 17.7 Å². The van der Waals surface area contributed by atoms with Crippen molar-refractivity contribution in [1.29, 1.82) is 0 Å². The fraction of sp³-hybridized carbons (Fsp3) is 0.630. The maximum absolute atomic E-state index is 13.0. The molecule has 37 heavy (non-hydrogen) atoms. The molecule has 1 aromatic rings. The molecule has 0 spiro atoms. The van der Waals surface area contributed by atoms with Gasteiger partial charge in [-0.3, -0.25) is 14.4 Å². The third kappa shape index (κ3) is 9.26. The second kappa shape index (κ2) is 13.9. The summed E-state index contributed by atoms with van der Waals surface area (Å²) in [6.45, 7) is 10.5. The smallest absolute Gasteiger partial charge is 0.408 e. The van der Waals surface area contributed by atoms with Gasteiger partial charge in [0.1, 0.15) is 17.4 Å². The Kier molecular flexibility index (Phi) is 11.2. The van der Waals surface area contributed by atoms with Crippen LogP contribution in [-0.4, -0.2) is 77.5 Å². The summed E-state index contributed by atoms with van der Waals surface area (Å²) in [7, 11) is 0. The van der Waals surface area contributed by atoms with Crippen molar-refractivity contribution in [3.63, 3.8) is 0 Å². The third-order valence-corrected chi connectivity index (χ3v) is 6.43. The summed E-state index contributed by atoms with van der Waals surface area (Å²) in [4.78, 5) is 49.0. The Morgan fingerprint density at radius 1 is 1.19 bits per heavy atom. The molecule has 2 saturated heterocycles. The fourth-order valence-corrected chi connectivity index (χ4v) is 4.77. The average molecular weight is 519 g/mol. The van der Waals surface area contributed by atoms with Crippen LogP contribution in [0.2, 0.25) is 0 Å². The van der Waals surface area contributed by atoms with Gasteiger partial charge in [0, 0.05) is 25.6 Å². The number of para-hydroxylation sites is 1. The Hall–Kier alpha value is -3.30. The Morgan fingerprint density at radius 3 is 2.49 bits per heavy atom. The Morgan fingerprint density at radius 2 is 1.86 bits per heavy atom. The predicted molar refractivity (Wildman–Crippen MR) is 140 cm³/mol. The molecule has 206 valence electrons. The highest BCUT2D eigenvalue weighted by Crippen LogP contribution is 2.29. The minimum atomic E-state index is -0.771. The van der Waals surface area contributed by atoms with E-state index in [0.29, 0.717) is 6.54 Å². The zero-order chi connectivity index (χ0) is 27.6. The first-order valence-corrected chi connectivity index (χ1v) is 12.9. The molecule has 3 N–H and O–H groups in total. The highest BCUT2D eigenvalue weighted by Gasteiger charge is 2.41. The summed E-state index contributed by atoms with van der Waals surface area (Å²) in [5.41, 5.74) is 4.88. The molecule has 0 aromatic heterocycles. The van der Waals surface area contributed by atoms with Crippen molar-refractivity contribution < 1.29 is 28.7 Å². The number of amides is 4. The number of aryl methyl sites for hydroxylation is 1. The van der Waals surface area contributed by atoms with Crippen molar-refractivity contribution in [2.24, 2.45) is 5.73 Å². The molecular weight excluding hydrogens is 476 g/mol. The number of benzene rings is 1. The van der Waals surface area contributed by atoms with E-state index in [1.807, 2.05) is 24.0 Å². The van der Waals surface area contributed by atoms with Gasteiger partial charge in [-0.15, -0.1) is 0 Å². The normalized spacial score (nSPS) is 22.7. The number of carbonyl (C=O) groups excluding carboxylic acids is 4. The van der Waals surface area contributed by atoms with Gasteiger partial charge in [-0.2, -0.15) is 0 Å². The molecule has 3 atom stereocenters. The summed E-state index contributed by atoms with van der Waals surface area (Å²) >= 11 is 0. The summed E-state index contributed by atoms with van der Waals surface area (Å²) in [5.74, 6) is 0.869. The lowest BCUT2D eigenvalue weighted by Gasteiger charge is -2.38. The Balaban J connectivity index is 0.000000303. The van der Waals surface area contributed by atoms with Gasteiger partial charge in [0.15, 0.2) is 0 Å². The van der Waals surface area contributed by atoms with Crippen molar-refractivity contribution >= 4 is 24.3 Å². The number of hydrogen-bond acceptors (Lipinski definition) is 6. The van der Waals surface area contributed by atoms with Crippen LogP contribution >= 0.6 is 0 Å². The number of primary amides is 1. The Bertz CT molecular complexity index is 907. The van der Waals surface area contributed by atoms with Crippen LogP contribution in [0.3, 0.4) is 0 Å². The number of nitrogens with one attached hydrogen (secondary N) is 1. The van der Waals surface area contributed by atoms with Crippen LogP contribution < -0.4 is 15.8 Å². The molecule has 2 fully saturated rings. The maximum atomic E-state index is 13.0. The molecule has 4 amide bonds. The number of nitrogens with zero attached hydrogens (tertiary/aromatic N) is 2. The van der Waals surface area contributed by atoms with E-state index in [2.05, 4.69) is 23.2 Å². The highest BCUT2D eigenvalue weighted by atomic mass is 16.6. The number of nitrogens with two attached hydrogens (primary N) is 1. The van der Waals surface area contributed by atoms with Crippen molar-refractivity contribution in [2.45, 2.75) is 90.4 Å². The zero-order valence-corrected chi connectivity index (χ0v) is 22.7. The monoisotopic (exact) mass is 518 g/mol. The number of ether oxygens (including phenoxy) is 2. The molecule has 1 aromatic carbocycles. The largest absolute Gasteiger partial charge is 0.493 e. The number of hydrogen-bond donors (Lipinski definition) is 2. The first-order valence-electron chi connectivity index (χ1n) is 12.9. The van der Waals surface area contributed by atoms with Gasteiger partial charge < -0.3 is 30.3 Å². The molecule has 0 saturated carbocycles. The van der Waals surface area contributed by atoms with Gasteiger partial charge >= 0.3 is 6.09 Å². The lowest BCUT2D eigenvalue weighted by atomic mass is 10.1. The first-order chi connectivity index (χ1) is 17.5. The second-order valence-electron chi connectivity index (χ2n) is 10.5. The number of fused-ring (bicyclic) bond motifs is 2. The van der Waals surface area contributed by atoms with Crippen LogP contribution in [0.25, 0.3) is 0 Å². The molecule has 0 aliphatic carbocycles. The molecular formula is C27H42N4O6. The van der Waals surface area contributed by atoms with Gasteiger partial charge in [-0.05, 0) is 71.4 Å². The van der Waals surface area contributed by atoms with Crippen LogP contribution in [0.1, 0.15) is 65.9 Å². The number of carbonyl (C=O) groups is 4. The molecule has 10 nitrogen and oxygen atoms in total. The van der Waals surface area contributed by atoms with Crippen LogP contribution in [0, 0.1) is 0 Å². The fourth-order valence-electron chi connectivity index (χ4n) is 4.77. The molecule has 3 aliphatic heterocycles. The van der Waals surface area contributed by atoms with Crippen LogP contribution in [0.5, 0.6) is 5.75 Å². The topological polar surface area (TPSA) is 131 Å². The lowest BCUT2D eigenvalue weighted by molar-refractivity contribution is -0.140. The summed E-state index contributed by atoms with van der Waals surface area (Å²) in [6, 6.07) is 7.78. The van der Waals surface area contributed by atoms with Crippen LogP contribution in [0.15, 0.2) is 24.3 Å². The predicted octanol–water partition coefficient (Wildman–Crippen LogP) is 2.62. The van der Waals surface area contributed by atoms with Crippen LogP contribution in [0.4, 0.5) is 4.79 Å². The Labute approximate surface area is 219 Å². The van der Waals surface area contributed by atoms with Crippen molar-refractivity contribution in [3.05, 3.63) is 29.8 Å². The summed E-state index contributed by atoms with van der Waals surface area (Å²) in [6.07, 6.45) is 4.64. The highest BCUT2D eigenvalue weighted by molar-refractivity contribution is 5.87. The molecule has 3 unspecified atom stereocenters. The van der Waals surface area contributed by atoms with E-state index in [1.165, 1.54) is 18.9 Å². The van der Waals surface area contributed by atoms with Crippen molar-refractivity contribution in [3.8, 4) is 5.75 Å². The third-order valence-electron chi connectivity index (χ3n) is 6.43. The lowest BCUT2D eigenvalue weighted by Crippen LogP contribution is -2.59. The van der Waals surface area contributed by atoms with E-state index in [4.69, 9.17) is 14.3 Å². The molecule has 0 bridgehead atoms. The molecule has 10 heteroatoms. The standard InChI is InChI=1S/C17H29N3O4.C9H10O.CH3NO/c1-11-6-7-13-8-9-19(12(2)21)10-14(15(22)20(11)13)18-16(23)24-17(3,4)5;1-2-6-9-8(4-1)5-3-7-10-9;2-1-3/h11,13-14H,6-10H2,1-5H3,(H,18,23);1-2,4,6H,3,5,7H2;1H,(H2,2,3). The van der Waals surface area contributed by atoms with Gasteiger partial charge in [0.25, 0.3) is 0 Å². The first kappa shape index (κ1) is 29.9. The van der Waals surface area contributed by atoms with Crippen molar-refractivity contribution in [2.75, 3.05) is 19.7 Å². The van der Waals surface area contributed by atoms with Gasteiger partial charge in [-0.25, -0.2) is 4.79 Å². The van der Waals surface area contributed by atoms with Crippen molar-refractivity contribution in [1.82, 2.24) is 15.1 Å². The van der Waals surface area contributed by atoms with Gasteiger partial charge in [-0.1, -0.05) is 18.2 Å². The van der Waals surface area contributed by atoms with E-state index in [0.717, 1.165) is 38.0 Å². The zero-order valence-electron chi connectivity index (χ0n) is 22.7. The van der Waals surface area contributed by atoms with E-state index >= 15 is 0 Å². The van der Waals surface area contributed by atoms with Crippen LogP contribution in [-0.2, 0) is 25.5 Å². The van der Waals surface area contributed by atoms with E-state index in [1.54, 1.807) is 25.7 Å². The maximum Gasteiger partial charge on any atom is 0.408 e. The van der Waals surface area contributed by atoms with Gasteiger partial charge in [0.2, 0.25) is 18.2 Å². The minimum absolute atomic E-state index is 0.0849. The molecule has 3 aliphatic rings. The molecule has 4 rings (SSSR count). The quantitative estimate of drug-likeness (QED) is 0.550. The number of rotatable bonds is 1. The second-order valence-corrected chi connectivity index (χ2v) is 10.5. The average Bonchev–Trinajstić information content (AvgIpc) is 3.19. The van der Waals surface area contributed by atoms with Gasteiger partial charge in [0.05, 0.1) is 13.2 Å². The summed E-state index contributed by atoms with van der Waals surface area (Å²) < 4.78 is 10.7. The summed E-state index contributed by atoms with van der Waals surface area (Å²) in [5, 5.41) is 2.66. The molecule has 0 radical (unpaired) electrons. The number of alkyl carbamates (subject to hydrolysis) is 1. The van der Waals surface area contributed by atoms with E-state index in [9.17, 15) is 14.4 Å².